The number of amides is 1. The standard InChI is InChI=1S/C15H13Cl2NO3/c1-20-11-5-9(6-12(8-11)21-2)15(19)18-10-3-4-13(16)14(17)7-10/h3-8H,1-2H3,(H,18,19). The van der Waals surface area contributed by atoms with Crippen molar-refractivity contribution >= 4 is 34.8 Å². The van der Waals surface area contributed by atoms with Gasteiger partial charge in [0, 0.05) is 17.3 Å². The van der Waals surface area contributed by atoms with E-state index in [9.17, 15) is 4.79 Å². The van der Waals surface area contributed by atoms with E-state index in [1.165, 1.54) is 14.2 Å². The molecule has 0 saturated heterocycles. The summed E-state index contributed by atoms with van der Waals surface area (Å²) in [4.78, 5) is 12.2. The predicted molar refractivity (Wildman–Crippen MR) is 84.0 cm³/mol. The summed E-state index contributed by atoms with van der Waals surface area (Å²) < 4.78 is 10.3. The highest BCUT2D eigenvalue weighted by Gasteiger charge is 2.11. The summed E-state index contributed by atoms with van der Waals surface area (Å²) in [5.74, 6) is 0.771. The second-order valence-corrected chi connectivity index (χ2v) is 5.00. The van der Waals surface area contributed by atoms with Crippen molar-refractivity contribution in [1.29, 1.82) is 0 Å². The number of methoxy groups -OCH3 is 2. The Morgan fingerprint density at radius 3 is 2.10 bits per heavy atom. The van der Waals surface area contributed by atoms with Crippen LogP contribution >= 0.6 is 23.2 Å². The minimum atomic E-state index is -0.300. The number of anilines is 1. The minimum Gasteiger partial charge on any atom is -0.497 e. The van der Waals surface area contributed by atoms with E-state index < -0.39 is 0 Å². The predicted octanol–water partition coefficient (Wildman–Crippen LogP) is 4.26. The zero-order valence-corrected chi connectivity index (χ0v) is 13.0. The number of halogens is 2. The summed E-state index contributed by atoms with van der Waals surface area (Å²) in [5, 5.41) is 3.54. The summed E-state index contributed by atoms with van der Waals surface area (Å²) in [7, 11) is 3.05. The van der Waals surface area contributed by atoms with Gasteiger partial charge in [0.15, 0.2) is 0 Å². The van der Waals surface area contributed by atoms with Crippen LogP contribution in [0, 0.1) is 0 Å². The summed E-state index contributed by atoms with van der Waals surface area (Å²) in [6.45, 7) is 0. The minimum absolute atomic E-state index is 0.300. The van der Waals surface area contributed by atoms with Gasteiger partial charge in [-0.1, -0.05) is 23.2 Å². The zero-order valence-electron chi connectivity index (χ0n) is 11.4. The Balaban J connectivity index is 2.25. The van der Waals surface area contributed by atoms with Gasteiger partial charge in [0.25, 0.3) is 5.91 Å². The first-order valence-electron chi connectivity index (χ1n) is 6.03. The Hall–Kier alpha value is -1.91. The first-order chi connectivity index (χ1) is 10.0. The van der Waals surface area contributed by atoms with E-state index in [0.29, 0.717) is 32.8 Å². The number of hydrogen-bond donors (Lipinski definition) is 1. The van der Waals surface area contributed by atoms with Crippen LogP contribution in [-0.2, 0) is 0 Å². The lowest BCUT2D eigenvalue weighted by atomic mass is 10.2. The maximum Gasteiger partial charge on any atom is 0.255 e. The Bertz CT molecular complexity index is 652. The molecule has 0 unspecified atom stereocenters. The van der Waals surface area contributed by atoms with E-state index in [2.05, 4.69) is 5.32 Å². The Kier molecular flexibility index (Phi) is 4.94. The molecule has 2 rings (SSSR count). The monoisotopic (exact) mass is 325 g/mol. The maximum atomic E-state index is 12.2. The SMILES string of the molecule is COc1cc(OC)cc(C(=O)Nc2ccc(Cl)c(Cl)c2)c1. The van der Waals surface area contributed by atoms with Crippen molar-refractivity contribution in [2.75, 3.05) is 19.5 Å². The van der Waals surface area contributed by atoms with Gasteiger partial charge >= 0.3 is 0 Å². The van der Waals surface area contributed by atoms with Gasteiger partial charge in [-0.05, 0) is 30.3 Å². The molecule has 0 bridgehead atoms. The molecular formula is C15H13Cl2NO3. The lowest BCUT2D eigenvalue weighted by molar-refractivity contribution is 0.102. The summed E-state index contributed by atoms with van der Waals surface area (Å²) in [5.41, 5.74) is 0.966. The summed E-state index contributed by atoms with van der Waals surface area (Å²) in [6.07, 6.45) is 0. The van der Waals surface area contributed by atoms with Gasteiger partial charge in [-0.25, -0.2) is 0 Å². The third-order valence-corrected chi connectivity index (χ3v) is 3.53. The second-order valence-electron chi connectivity index (χ2n) is 4.18. The average Bonchev–Trinajstić information content (AvgIpc) is 2.50. The molecule has 0 fully saturated rings. The van der Waals surface area contributed by atoms with E-state index in [4.69, 9.17) is 32.7 Å². The van der Waals surface area contributed by atoms with E-state index in [1.807, 2.05) is 0 Å². The van der Waals surface area contributed by atoms with Crippen LogP contribution in [0.5, 0.6) is 11.5 Å². The van der Waals surface area contributed by atoms with E-state index in [1.54, 1.807) is 36.4 Å². The van der Waals surface area contributed by atoms with Crippen LogP contribution < -0.4 is 14.8 Å². The molecule has 110 valence electrons. The van der Waals surface area contributed by atoms with Crippen LogP contribution in [0.1, 0.15) is 10.4 Å². The van der Waals surface area contributed by atoms with Crippen LogP contribution in [-0.4, -0.2) is 20.1 Å². The lowest BCUT2D eigenvalue weighted by Crippen LogP contribution is -2.12. The fraction of sp³-hybridized carbons (Fsp3) is 0.133. The van der Waals surface area contributed by atoms with Crippen LogP contribution in [0.25, 0.3) is 0 Å². The molecule has 0 aromatic heterocycles. The van der Waals surface area contributed by atoms with E-state index >= 15 is 0 Å². The summed E-state index contributed by atoms with van der Waals surface area (Å²) >= 11 is 11.8. The third kappa shape index (κ3) is 3.80. The van der Waals surface area contributed by atoms with Crippen molar-refractivity contribution in [2.24, 2.45) is 0 Å². The highest BCUT2D eigenvalue weighted by Crippen LogP contribution is 2.26. The molecule has 2 aromatic rings. The molecule has 1 N–H and O–H groups in total. The summed E-state index contributed by atoms with van der Waals surface area (Å²) in [6, 6.07) is 9.80. The van der Waals surface area contributed by atoms with Gasteiger partial charge in [0.1, 0.15) is 11.5 Å². The van der Waals surface area contributed by atoms with Gasteiger partial charge in [-0.15, -0.1) is 0 Å². The molecule has 0 aliphatic carbocycles. The fourth-order valence-corrected chi connectivity index (χ4v) is 2.01. The average molecular weight is 326 g/mol. The van der Waals surface area contributed by atoms with Gasteiger partial charge in [0.2, 0.25) is 0 Å². The van der Waals surface area contributed by atoms with Crippen LogP contribution in [0.15, 0.2) is 36.4 Å². The normalized spacial score (nSPS) is 10.1. The number of nitrogens with one attached hydrogen (secondary N) is 1. The Labute approximate surface area is 132 Å². The fourth-order valence-electron chi connectivity index (χ4n) is 1.72. The first kappa shape index (κ1) is 15.5. The topological polar surface area (TPSA) is 47.6 Å². The van der Waals surface area contributed by atoms with Crippen molar-refractivity contribution in [3.63, 3.8) is 0 Å². The molecule has 0 atom stereocenters. The molecule has 4 nitrogen and oxygen atoms in total. The zero-order chi connectivity index (χ0) is 15.4. The molecule has 0 saturated carbocycles. The number of ether oxygens (including phenoxy) is 2. The second kappa shape index (κ2) is 6.70. The smallest absolute Gasteiger partial charge is 0.255 e. The molecule has 2 aromatic carbocycles. The van der Waals surface area contributed by atoms with Crippen molar-refractivity contribution in [3.8, 4) is 11.5 Å². The molecule has 6 heteroatoms. The third-order valence-electron chi connectivity index (χ3n) is 2.79. The number of hydrogen-bond acceptors (Lipinski definition) is 3. The number of rotatable bonds is 4. The molecule has 0 spiro atoms. The van der Waals surface area contributed by atoms with Crippen molar-refractivity contribution in [3.05, 3.63) is 52.0 Å². The molecule has 1 amide bonds. The van der Waals surface area contributed by atoms with Crippen molar-refractivity contribution in [2.45, 2.75) is 0 Å². The molecule has 21 heavy (non-hydrogen) atoms. The molecule has 0 heterocycles. The maximum absolute atomic E-state index is 12.2. The Morgan fingerprint density at radius 1 is 0.952 bits per heavy atom. The van der Waals surface area contributed by atoms with Crippen LogP contribution in [0.3, 0.4) is 0 Å². The van der Waals surface area contributed by atoms with E-state index in [0.717, 1.165) is 0 Å². The quantitative estimate of drug-likeness (QED) is 0.913. The first-order valence-corrected chi connectivity index (χ1v) is 6.78. The highest BCUT2D eigenvalue weighted by atomic mass is 35.5. The number of benzene rings is 2. The highest BCUT2D eigenvalue weighted by molar-refractivity contribution is 6.42. The Morgan fingerprint density at radius 2 is 1.57 bits per heavy atom. The van der Waals surface area contributed by atoms with E-state index in [-0.39, 0.29) is 5.91 Å². The van der Waals surface area contributed by atoms with Crippen molar-refractivity contribution in [1.82, 2.24) is 0 Å². The lowest BCUT2D eigenvalue weighted by Gasteiger charge is -2.09. The molecule has 0 aliphatic rings. The van der Waals surface area contributed by atoms with Crippen molar-refractivity contribution < 1.29 is 14.3 Å². The molecule has 0 aliphatic heterocycles. The van der Waals surface area contributed by atoms with Gasteiger partial charge in [-0.2, -0.15) is 0 Å². The van der Waals surface area contributed by atoms with Crippen LogP contribution in [0.4, 0.5) is 5.69 Å². The number of carbonyl (C=O) groups is 1. The molecule has 0 radical (unpaired) electrons. The van der Waals surface area contributed by atoms with Gasteiger partial charge in [0.05, 0.1) is 24.3 Å². The van der Waals surface area contributed by atoms with Gasteiger partial charge in [-0.3, -0.25) is 4.79 Å². The number of carbonyl (C=O) groups excluding carboxylic acids is 1. The largest absolute Gasteiger partial charge is 0.497 e. The van der Waals surface area contributed by atoms with Gasteiger partial charge < -0.3 is 14.8 Å². The molecular weight excluding hydrogens is 313 g/mol. The van der Waals surface area contributed by atoms with Crippen LogP contribution in [0.2, 0.25) is 10.0 Å².